The molecule has 1 aromatic heterocycles. The molecule has 1 fully saturated rings. The maximum atomic E-state index is 11.0. The molecular formula is C13H14N2O2. The number of carboxylic acids is 1. The van der Waals surface area contributed by atoms with E-state index in [1.807, 2.05) is 17.0 Å². The molecule has 0 aromatic carbocycles. The van der Waals surface area contributed by atoms with Crippen molar-refractivity contribution in [3.8, 4) is 12.3 Å². The number of hydrogen-bond acceptors (Lipinski definition) is 3. The summed E-state index contributed by atoms with van der Waals surface area (Å²) in [4.78, 5) is 17.2. The Morgan fingerprint density at radius 3 is 3.06 bits per heavy atom. The Hall–Kier alpha value is -1.86. The third kappa shape index (κ3) is 2.63. The second-order valence-corrected chi connectivity index (χ2v) is 4.15. The van der Waals surface area contributed by atoms with Gasteiger partial charge in [-0.15, -0.1) is 6.42 Å². The summed E-state index contributed by atoms with van der Waals surface area (Å²) >= 11 is 0. The number of nitrogens with zero attached hydrogens (tertiary/aromatic N) is 2. The molecule has 1 aliphatic heterocycles. The maximum absolute atomic E-state index is 11.0. The summed E-state index contributed by atoms with van der Waals surface area (Å²) in [6.07, 6.45) is 8.54. The van der Waals surface area contributed by atoms with Crippen LogP contribution in [-0.2, 0) is 11.3 Å². The van der Waals surface area contributed by atoms with E-state index in [2.05, 4.69) is 10.9 Å². The van der Waals surface area contributed by atoms with E-state index in [-0.39, 0.29) is 6.04 Å². The van der Waals surface area contributed by atoms with Gasteiger partial charge in [0, 0.05) is 18.3 Å². The number of likely N-dealkylation sites (tertiary alicyclic amines) is 1. The first-order valence-corrected chi connectivity index (χ1v) is 5.59. The number of terminal acetylenes is 1. The Labute approximate surface area is 100 Å². The van der Waals surface area contributed by atoms with E-state index in [1.165, 1.54) is 0 Å². The van der Waals surface area contributed by atoms with Crippen molar-refractivity contribution < 1.29 is 9.90 Å². The van der Waals surface area contributed by atoms with Gasteiger partial charge in [0.1, 0.15) is 6.04 Å². The number of rotatable bonds is 3. The predicted octanol–water partition coefficient (Wildman–Crippen LogP) is 1.11. The summed E-state index contributed by atoms with van der Waals surface area (Å²) in [5, 5.41) is 9.06. The average Bonchev–Trinajstić information content (AvgIpc) is 2.78. The lowest BCUT2D eigenvalue weighted by Crippen LogP contribution is -2.35. The van der Waals surface area contributed by atoms with Gasteiger partial charge in [0.05, 0.1) is 5.69 Å². The molecule has 1 saturated heterocycles. The number of hydrogen-bond donors (Lipinski definition) is 1. The van der Waals surface area contributed by atoms with Gasteiger partial charge in [0.25, 0.3) is 0 Å². The second-order valence-electron chi connectivity index (χ2n) is 4.15. The summed E-state index contributed by atoms with van der Waals surface area (Å²) in [5.74, 6) is 1.76. The molecule has 0 bridgehead atoms. The highest BCUT2D eigenvalue weighted by Gasteiger charge is 2.30. The first-order chi connectivity index (χ1) is 8.20. The summed E-state index contributed by atoms with van der Waals surface area (Å²) in [5.41, 5.74) is 1.60. The molecule has 1 atom stereocenters. The highest BCUT2D eigenvalue weighted by molar-refractivity contribution is 5.73. The third-order valence-electron chi connectivity index (χ3n) is 3.01. The minimum absolute atomic E-state index is 0.371. The lowest BCUT2D eigenvalue weighted by Gasteiger charge is -2.20. The smallest absolute Gasteiger partial charge is 0.320 e. The van der Waals surface area contributed by atoms with Crippen LogP contribution in [0.2, 0.25) is 0 Å². The summed E-state index contributed by atoms with van der Waals surface area (Å²) in [6, 6.07) is 3.31. The zero-order valence-electron chi connectivity index (χ0n) is 9.47. The molecule has 1 N–H and O–H groups in total. The van der Waals surface area contributed by atoms with E-state index < -0.39 is 5.97 Å². The molecular weight excluding hydrogens is 216 g/mol. The van der Waals surface area contributed by atoms with Crippen LogP contribution in [-0.4, -0.2) is 33.5 Å². The van der Waals surface area contributed by atoms with Crippen molar-refractivity contribution in [3.05, 3.63) is 29.6 Å². The van der Waals surface area contributed by atoms with Crippen LogP contribution in [0.15, 0.2) is 18.3 Å². The van der Waals surface area contributed by atoms with Gasteiger partial charge >= 0.3 is 5.97 Å². The van der Waals surface area contributed by atoms with E-state index in [1.54, 1.807) is 6.20 Å². The fraction of sp³-hybridized carbons (Fsp3) is 0.385. The maximum Gasteiger partial charge on any atom is 0.320 e. The number of aliphatic carboxylic acids is 1. The van der Waals surface area contributed by atoms with Crippen LogP contribution in [0.25, 0.3) is 0 Å². The summed E-state index contributed by atoms with van der Waals surface area (Å²) in [6.45, 7) is 1.39. The Balaban J connectivity index is 2.05. The van der Waals surface area contributed by atoms with Crippen LogP contribution in [0.3, 0.4) is 0 Å². The molecule has 0 amide bonds. The Bertz CT molecular complexity index is 447. The van der Waals surface area contributed by atoms with Gasteiger partial charge in [-0.1, -0.05) is 5.92 Å². The highest BCUT2D eigenvalue weighted by atomic mass is 16.4. The fourth-order valence-corrected chi connectivity index (χ4v) is 2.11. The second kappa shape index (κ2) is 4.98. The molecule has 0 saturated carbocycles. The molecule has 4 heteroatoms. The fourth-order valence-electron chi connectivity index (χ4n) is 2.11. The minimum atomic E-state index is -0.747. The summed E-state index contributed by atoms with van der Waals surface area (Å²) in [7, 11) is 0. The topological polar surface area (TPSA) is 53.4 Å². The lowest BCUT2D eigenvalue weighted by atomic mass is 10.2. The molecule has 2 rings (SSSR count). The molecule has 0 radical (unpaired) electrons. The van der Waals surface area contributed by atoms with Crippen LogP contribution in [0.5, 0.6) is 0 Å². The van der Waals surface area contributed by atoms with Gasteiger partial charge in [0.15, 0.2) is 0 Å². The molecule has 0 spiro atoms. The molecule has 1 aliphatic rings. The van der Waals surface area contributed by atoms with Crippen molar-refractivity contribution in [3.63, 3.8) is 0 Å². The molecule has 0 aliphatic carbocycles. The van der Waals surface area contributed by atoms with E-state index in [0.717, 1.165) is 30.6 Å². The zero-order chi connectivity index (χ0) is 12.3. The quantitative estimate of drug-likeness (QED) is 0.790. The van der Waals surface area contributed by atoms with Gasteiger partial charge in [-0.3, -0.25) is 14.7 Å². The number of carbonyl (C=O) groups is 1. The number of carboxylic acid groups (broad SMARTS) is 1. The van der Waals surface area contributed by atoms with Gasteiger partial charge < -0.3 is 5.11 Å². The Kier molecular flexibility index (Phi) is 3.40. The van der Waals surface area contributed by atoms with Gasteiger partial charge in [-0.25, -0.2) is 0 Å². The monoisotopic (exact) mass is 230 g/mol. The van der Waals surface area contributed by atoms with Crippen molar-refractivity contribution >= 4 is 5.97 Å². The SMILES string of the molecule is C#Cc1ccc(CN2CCCC2C(=O)O)nc1. The van der Waals surface area contributed by atoms with Gasteiger partial charge in [0.2, 0.25) is 0 Å². The first-order valence-electron chi connectivity index (χ1n) is 5.59. The molecule has 88 valence electrons. The van der Waals surface area contributed by atoms with E-state index in [0.29, 0.717) is 6.54 Å². The van der Waals surface area contributed by atoms with Crippen molar-refractivity contribution in [1.82, 2.24) is 9.88 Å². The Morgan fingerprint density at radius 1 is 1.65 bits per heavy atom. The van der Waals surface area contributed by atoms with E-state index in [9.17, 15) is 4.79 Å². The molecule has 17 heavy (non-hydrogen) atoms. The first kappa shape index (κ1) is 11.6. The van der Waals surface area contributed by atoms with Gasteiger partial charge in [-0.2, -0.15) is 0 Å². The Morgan fingerprint density at radius 2 is 2.47 bits per heavy atom. The van der Waals surface area contributed by atoms with Crippen molar-refractivity contribution in [1.29, 1.82) is 0 Å². The third-order valence-corrected chi connectivity index (χ3v) is 3.01. The minimum Gasteiger partial charge on any atom is -0.480 e. The molecule has 1 unspecified atom stereocenters. The van der Waals surface area contributed by atoms with Gasteiger partial charge in [-0.05, 0) is 31.5 Å². The predicted molar refractivity (Wildman–Crippen MR) is 63.2 cm³/mol. The normalized spacial score (nSPS) is 20.1. The van der Waals surface area contributed by atoms with Crippen LogP contribution in [0.1, 0.15) is 24.1 Å². The largest absolute Gasteiger partial charge is 0.480 e. The average molecular weight is 230 g/mol. The molecule has 2 heterocycles. The van der Waals surface area contributed by atoms with Crippen LogP contribution < -0.4 is 0 Å². The van der Waals surface area contributed by atoms with Crippen LogP contribution >= 0.6 is 0 Å². The number of aromatic nitrogens is 1. The van der Waals surface area contributed by atoms with Crippen molar-refractivity contribution in [2.24, 2.45) is 0 Å². The number of pyridine rings is 1. The van der Waals surface area contributed by atoms with E-state index in [4.69, 9.17) is 11.5 Å². The molecule has 4 nitrogen and oxygen atoms in total. The highest BCUT2D eigenvalue weighted by Crippen LogP contribution is 2.19. The van der Waals surface area contributed by atoms with Crippen LogP contribution in [0.4, 0.5) is 0 Å². The standard InChI is InChI=1S/C13H14N2O2/c1-2-10-5-6-11(14-8-10)9-15-7-3-4-12(15)13(16)17/h1,5-6,8,12H,3-4,7,9H2,(H,16,17). The van der Waals surface area contributed by atoms with E-state index >= 15 is 0 Å². The summed E-state index contributed by atoms with van der Waals surface area (Å²) < 4.78 is 0. The van der Waals surface area contributed by atoms with Crippen molar-refractivity contribution in [2.75, 3.05) is 6.54 Å². The zero-order valence-corrected chi connectivity index (χ0v) is 9.47. The lowest BCUT2D eigenvalue weighted by molar-refractivity contribution is -0.142. The van der Waals surface area contributed by atoms with Crippen molar-refractivity contribution in [2.45, 2.75) is 25.4 Å². The van der Waals surface area contributed by atoms with Crippen LogP contribution in [0, 0.1) is 12.3 Å². The molecule has 1 aromatic rings.